The Labute approximate surface area is 124 Å². The minimum Gasteiger partial charge on any atom is -0.340 e. The first-order valence-corrected chi connectivity index (χ1v) is 7.49. The summed E-state index contributed by atoms with van der Waals surface area (Å²) in [5.41, 5.74) is 7.17. The Bertz CT molecular complexity index is 540. The van der Waals surface area contributed by atoms with Gasteiger partial charge in [-0.1, -0.05) is 0 Å². The highest BCUT2D eigenvalue weighted by molar-refractivity contribution is 5.76. The maximum absolute atomic E-state index is 12.2. The van der Waals surface area contributed by atoms with Crippen molar-refractivity contribution in [3.05, 3.63) is 21.9 Å². The number of nitrogens with two attached hydrogens (primary N) is 1. The van der Waals surface area contributed by atoms with Crippen LogP contribution in [0.4, 0.5) is 0 Å². The van der Waals surface area contributed by atoms with Crippen molar-refractivity contribution < 1.29 is 4.79 Å². The van der Waals surface area contributed by atoms with Gasteiger partial charge in [-0.3, -0.25) is 14.3 Å². The fourth-order valence-corrected chi connectivity index (χ4v) is 2.71. The molecule has 3 N–H and O–H groups in total. The molecule has 2 heterocycles. The molecule has 0 spiro atoms. The molecule has 1 fully saturated rings. The molecule has 0 radical (unpaired) electrons. The van der Waals surface area contributed by atoms with Crippen molar-refractivity contribution in [1.29, 1.82) is 0 Å². The average molecular weight is 295 g/mol. The highest BCUT2D eigenvalue weighted by atomic mass is 16.2. The number of carbonyl (C=O) groups excluding carboxylic acids is 1. The van der Waals surface area contributed by atoms with E-state index in [1.54, 1.807) is 4.57 Å². The molecule has 1 amide bonds. The average Bonchev–Trinajstić information content (AvgIpc) is 2.71. The molecule has 1 aromatic heterocycles. The van der Waals surface area contributed by atoms with E-state index in [1.165, 1.54) is 0 Å². The van der Waals surface area contributed by atoms with E-state index in [0.717, 1.165) is 44.1 Å². The number of amides is 1. The first-order valence-electron chi connectivity index (χ1n) is 7.49. The summed E-state index contributed by atoms with van der Waals surface area (Å²) in [6, 6.07) is 0. The number of aromatic amines is 1. The van der Waals surface area contributed by atoms with E-state index in [2.05, 4.69) is 9.88 Å². The van der Waals surface area contributed by atoms with Crippen molar-refractivity contribution >= 4 is 5.91 Å². The second-order valence-corrected chi connectivity index (χ2v) is 5.55. The smallest absolute Gasteiger partial charge is 0.325 e. The lowest BCUT2D eigenvalue weighted by atomic mass is 10.2. The molecule has 2 rings (SSSR count). The third-order valence-corrected chi connectivity index (χ3v) is 4.21. The van der Waals surface area contributed by atoms with E-state index < -0.39 is 0 Å². The molecule has 21 heavy (non-hydrogen) atoms. The van der Waals surface area contributed by atoms with Crippen LogP contribution < -0.4 is 11.4 Å². The van der Waals surface area contributed by atoms with Crippen LogP contribution in [0.1, 0.15) is 17.8 Å². The number of hydrogen-bond acceptors (Lipinski definition) is 4. The van der Waals surface area contributed by atoms with E-state index in [1.807, 2.05) is 18.7 Å². The molecular weight excluding hydrogens is 270 g/mol. The molecule has 0 atom stereocenters. The maximum atomic E-state index is 12.2. The van der Waals surface area contributed by atoms with Gasteiger partial charge in [0.2, 0.25) is 5.91 Å². The summed E-state index contributed by atoms with van der Waals surface area (Å²) in [6.45, 7) is 9.00. The van der Waals surface area contributed by atoms with Gasteiger partial charge < -0.3 is 15.6 Å². The molecule has 0 unspecified atom stereocenters. The van der Waals surface area contributed by atoms with Gasteiger partial charge >= 0.3 is 5.69 Å². The number of nitrogens with one attached hydrogen (secondary N) is 1. The SMILES string of the molecule is Cc1[nH]c(=O)n(CCC(=O)N2CCN(CCN)CC2)c1C. The summed E-state index contributed by atoms with van der Waals surface area (Å²) in [5.74, 6) is 0.118. The summed E-state index contributed by atoms with van der Waals surface area (Å²) >= 11 is 0. The van der Waals surface area contributed by atoms with Gasteiger partial charge in [-0.2, -0.15) is 0 Å². The van der Waals surface area contributed by atoms with Crippen LogP contribution in [0.25, 0.3) is 0 Å². The number of rotatable bonds is 5. The summed E-state index contributed by atoms with van der Waals surface area (Å²) in [4.78, 5) is 30.9. The van der Waals surface area contributed by atoms with Gasteiger partial charge in [0.1, 0.15) is 0 Å². The maximum Gasteiger partial charge on any atom is 0.325 e. The van der Waals surface area contributed by atoms with Crippen molar-refractivity contribution in [1.82, 2.24) is 19.4 Å². The molecule has 1 aliphatic heterocycles. The van der Waals surface area contributed by atoms with Gasteiger partial charge in [-0.25, -0.2) is 4.79 Å². The van der Waals surface area contributed by atoms with Gasteiger partial charge in [-0.05, 0) is 13.8 Å². The lowest BCUT2D eigenvalue weighted by molar-refractivity contribution is -0.133. The predicted molar refractivity (Wildman–Crippen MR) is 81.2 cm³/mol. The lowest BCUT2D eigenvalue weighted by Crippen LogP contribution is -2.49. The van der Waals surface area contributed by atoms with E-state index in [0.29, 0.717) is 19.5 Å². The topological polar surface area (TPSA) is 87.4 Å². The Kier molecular flexibility index (Phi) is 5.19. The van der Waals surface area contributed by atoms with E-state index in [-0.39, 0.29) is 11.6 Å². The van der Waals surface area contributed by atoms with Gasteiger partial charge in [-0.15, -0.1) is 0 Å². The van der Waals surface area contributed by atoms with Crippen molar-refractivity contribution in [2.45, 2.75) is 26.8 Å². The summed E-state index contributed by atoms with van der Waals surface area (Å²) in [5, 5.41) is 0. The molecule has 7 nitrogen and oxygen atoms in total. The van der Waals surface area contributed by atoms with Crippen LogP contribution in [0.2, 0.25) is 0 Å². The molecule has 7 heteroatoms. The van der Waals surface area contributed by atoms with Crippen LogP contribution in [-0.4, -0.2) is 64.5 Å². The van der Waals surface area contributed by atoms with Gasteiger partial charge in [0.25, 0.3) is 0 Å². The quantitative estimate of drug-likeness (QED) is 0.751. The first kappa shape index (κ1) is 15.8. The molecule has 0 saturated carbocycles. The van der Waals surface area contributed by atoms with Crippen LogP contribution in [0, 0.1) is 13.8 Å². The van der Waals surface area contributed by atoms with Gasteiger partial charge in [0.15, 0.2) is 0 Å². The number of aromatic nitrogens is 2. The number of H-pyrrole nitrogens is 1. The van der Waals surface area contributed by atoms with E-state index >= 15 is 0 Å². The Balaban J connectivity index is 1.84. The zero-order valence-corrected chi connectivity index (χ0v) is 12.9. The third kappa shape index (κ3) is 3.74. The van der Waals surface area contributed by atoms with Crippen molar-refractivity contribution in [2.75, 3.05) is 39.3 Å². The molecular formula is C14H25N5O2. The molecule has 0 aromatic carbocycles. The number of imidazole rings is 1. The monoisotopic (exact) mass is 295 g/mol. The Morgan fingerprint density at radius 1 is 1.19 bits per heavy atom. The second kappa shape index (κ2) is 6.91. The predicted octanol–water partition coefficient (Wildman–Crippen LogP) is -0.714. The molecule has 1 aromatic rings. The fraction of sp³-hybridized carbons (Fsp3) is 0.714. The van der Waals surface area contributed by atoms with Crippen molar-refractivity contribution in [2.24, 2.45) is 5.73 Å². The summed E-state index contributed by atoms with van der Waals surface area (Å²) in [7, 11) is 0. The van der Waals surface area contributed by atoms with Crippen LogP contribution in [0.3, 0.4) is 0 Å². The third-order valence-electron chi connectivity index (χ3n) is 4.21. The fourth-order valence-electron chi connectivity index (χ4n) is 2.71. The zero-order chi connectivity index (χ0) is 15.4. The Hall–Kier alpha value is -1.60. The number of hydrogen-bond donors (Lipinski definition) is 2. The first-order chi connectivity index (χ1) is 10.0. The van der Waals surface area contributed by atoms with Crippen LogP contribution in [0.5, 0.6) is 0 Å². The Morgan fingerprint density at radius 2 is 1.86 bits per heavy atom. The van der Waals surface area contributed by atoms with Crippen molar-refractivity contribution in [3.63, 3.8) is 0 Å². The zero-order valence-electron chi connectivity index (χ0n) is 12.9. The summed E-state index contributed by atoms with van der Waals surface area (Å²) < 4.78 is 1.64. The number of carbonyl (C=O) groups is 1. The minimum absolute atomic E-state index is 0.118. The number of aryl methyl sites for hydroxylation is 1. The summed E-state index contributed by atoms with van der Waals surface area (Å²) in [6.07, 6.45) is 0.370. The van der Waals surface area contributed by atoms with Crippen LogP contribution >= 0.6 is 0 Å². The van der Waals surface area contributed by atoms with Gasteiger partial charge in [0, 0.05) is 63.6 Å². The molecule has 1 aliphatic rings. The number of nitrogens with zero attached hydrogens (tertiary/aromatic N) is 3. The minimum atomic E-state index is -0.134. The van der Waals surface area contributed by atoms with E-state index in [9.17, 15) is 9.59 Å². The Morgan fingerprint density at radius 3 is 2.38 bits per heavy atom. The highest BCUT2D eigenvalue weighted by Gasteiger charge is 2.20. The van der Waals surface area contributed by atoms with Crippen LogP contribution in [0.15, 0.2) is 4.79 Å². The lowest BCUT2D eigenvalue weighted by Gasteiger charge is -2.34. The second-order valence-electron chi connectivity index (χ2n) is 5.55. The molecule has 0 aliphatic carbocycles. The normalized spacial score (nSPS) is 16.4. The van der Waals surface area contributed by atoms with Crippen molar-refractivity contribution in [3.8, 4) is 0 Å². The molecule has 0 bridgehead atoms. The molecule has 1 saturated heterocycles. The largest absolute Gasteiger partial charge is 0.340 e. The number of piperazine rings is 1. The van der Waals surface area contributed by atoms with Crippen LogP contribution in [-0.2, 0) is 11.3 Å². The standard InChI is InChI=1S/C14H25N5O2/c1-11-12(2)19(14(21)16-11)5-3-13(20)18-9-7-17(6-4-15)8-10-18/h3-10,15H2,1-2H3,(H,16,21). The highest BCUT2D eigenvalue weighted by Crippen LogP contribution is 2.06. The molecule has 118 valence electrons. The van der Waals surface area contributed by atoms with Gasteiger partial charge in [0.05, 0.1) is 0 Å². The van der Waals surface area contributed by atoms with E-state index in [4.69, 9.17) is 5.73 Å².